The molecule has 2 aliphatic rings. The van der Waals surface area contributed by atoms with Crippen LogP contribution in [0.15, 0.2) is 30.3 Å². The summed E-state index contributed by atoms with van der Waals surface area (Å²) in [6.07, 6.45) is 0.536. The third-order valence-electron chi connectivity index (χ3n) is 4.26. The molecule has 1 saturated heterocycles. The topological polar surface area (TPSA) is 75.7 Å². The average Bonchev–Trinajstić information content (AvgIpc) is 2.82. The van der Waals surface area contributed by atoms with E-state index in [2.05, 4.69) is 18.2 Å². The Hall–Kier alpha value is -2.54. The lowest BCUT2D eigenvalue weighted by Crippen LogP contribution is -2.53. The van der Waals surface area contributed by atoms with Crippen molar-refractivity contribution in [3.63, 3.8) is 0 Å². The van der Waals surface area contributed by atoms with Crippen molar-refractivity contribution in [2.24, 2.45) is 0 Å². The van der Waals surface area contributed by atoms with Crippen LogP contribution in [0.3, 0.4) is 0 Å². The molecule has 0 aromatic heterocycles. The Balaban J connectivity index is 1.86. The second-order valence-corrected chi connectivity index (χ2v) is 5.76. The smallest absolute Gasteiger partial charge is 0.259 e. The van der Waals surface area contributed by atoms with Crippen LogP contribution in [0.5, 0.6) is 5.75 Å². The van der Waals surface area contributed by atoms with Crippen molar-refractivity contribution < 1.29 is 18.6 Å². The molecule has 23 heavy (non-hydrogen) atoms. The van der Waals surface area contributed by atoms with Gasteiger partial charge in [-0.15, -0.1) is 0 Å². The van der Waals surface area contributed by atoms with Crippen LogP contribution in [0, 0.1) is 0 Å². The number of imide groups is 1. The van der Waals surface area contributed by atoms with Gasteiger partial charge in [-0.05, 0) is 30.0 Å². The monoisotopic (exact) mass is 328 g/mol. The maximum atomic E-state index is 12.9. The minimum atomic E-state index is -0.682. The Labute approximate surface area is 137 Å². The molecule has 0 bridgehead atoms. The van der Waals surface area contributed by atoms with Crippen LogP contribution in [-0.2, 0) is 9.59 Å². The summed E-state index contributed by atoms with van der Waals surface area (Å²) < 4.78 is 4.95. The molecule has 1 fully saturated rings. The van der Waals surface area contributed by atoms with Crippen LogP contribution < -0.4 is 14.4 Å². The molecule has 1 unspecified atom stereocenters. The first-order chi connectivity index (χ1) is 11.1. The quantitative estimate of drug-likeness (QED) is 0.501. The van der Waals surface area contributed by atoms with Crippen LogP contribution in [0.2, 0.25) is 0 Å². The van der Waals surface area contributed by atoms with E-state index >= 15 is 0 Å². The minimum Gasteiger partial charge on any atom is -0.429 e. The summed E-state index contributed by atoms with van der Waals surface area (Å²) in [5, 5.41) is 3.93. The molecular weight excluding hydrogens is 316 g/mol. The van der Waals surface area contributed by atoms with Crippen molar-refractivity contribution in [2.45, 2.75) is 18.9 Å². The van der Waals surface area contributed by atoms with Gasteiger partial charge in [-0.25, -0.2) is 0 Å². The van der Waals surface area contributed by atoms with E-state index < -0.39 is 11.9 Å². The van der Waals surface area contributed by atoms with Crippen LogP contribution in [0.1, 0.15) is 23.2 Å². The number of carbonyl (C=O) groups is 3. The van der Waals surface area contributed by atoms with Crippen molar-refractivity contribution in [2.75, 3.05) is 4.90 Å². The summed E-state index contributed by atoms with van der Waals surface area (Å²) in [5.74, 6) is -0.547. The Morgan fingerprint density at radius 1 is 1.22 bits per heavy atom. The van der Waals surface area contributed by atoms with Crippen molar-refractivity contribution in [3.05, 3.63) is 35.9 Å². The second kappa shape index (κ2) is 4.99. The summed E-state index contributed by atoms with van der Waals surface area (Å²) in [4.78, 5) is 37.8. The number of amides is 3. The van der Waals surface area contributed by atoms with Gasteiger partial charge < -0.3 is 4.18 Å². The normalized spacial score (nSPS) is 20.1. The summed E-state index contributed by atoms with van der Waals surface area (Å²) in [6.45, 7) is 0. The van der Waals surface area contributed by atoms with Gasteiger partial charge in [0.25, 0.3) is 5.91 Å². The van der Waals surface area contributed by atoms with Gasteiger partial charge in [0, 0.05) is 24.7 Å². The largest absolute Gasteiger partial charge is 0.429 e. The fourth-order valence-electron chi connectivity index (χ4n) is 3.28. The van der Waals surface area contributed by atoms with E-state index in [0.29, 0.717) is 23.4 Å². The zero-order valence-electron chi connectivity index (χ0n) is 11.9. The standard InChI is InChI=1S/C16H12N2O4S/c19-13-5-4-12(15(20)17-13)18-11-3-1-2-8-6-9(22-23)7-10(14(8)11)16(18)21/h1-3,6-7,12,23H,4-5H2,(H,17,19,20). The maximum absolute atomic E-state index is 12.9. The number of piperidine rings is 1. The molecule has 2 aliphatic heterocycles. The van der Waals surface area contributed by atoms with Gasteiger partial charge in [-0.2, -0.15) is 0 Å². The molecule has 0 saturated carbocycles. The molecule has 4 rings (SSSR count). The van der Waals surface area contributed by atoms with Gasteiger partial charge in [0.15, 0.2) is 0 Å². The summed E-state index contributed by atoms with van der Waals surface area (Å²) >= 11 is 3.79. The zero-order valence-corrected chi connectivity index (χ0v) is 12.8. The molecule has 1 atom stereocenters. The number of anilines is 1. The predicted octanol–water partition coefficient (Wildman–Crippen LogP) is 1.83. The number of nitrogens with one attached hydrogen (secondary N) is 1. The molecule has 3 amide bonds. The third-order valence-corrected chi connectivity index (χ3v) is 4.48. The molecule has 0 spiro atoms. The van der Waals surface area contributed by atoms with E-state index in [-0.39, 0.29) is 18.2 Å². The molecule has 2 aromatic rings. The first-order valence-corrected chi connectivity index (χ1v) is 7.52. The maximum Gasteiger partial charge on any atom is 0.259 e. The van der Waals surface area contributed by atoms with Crippen molar-refractivity contribution in [1.82, 2.24) is 5.32 Å². The molecule has 1 N–H and O–H groups in total. The molecule has 2 aromatic carbocycles. The number of nitrogens with zero attached hydrogens (tertiary/aromatic N) is 1. The Bertz CT molecular complexity index is 880. The van der Waals surface area contributed by atoms with Crippen LogP contribution in [0.25, 0.3) is 10.8 Å². The first-order valence-electron chi connectivity index (χ1n) is 7.15. The first kappa shape index (κ1) is 14.1. The molecule has 0 aliphatic carbocycles. The number of hydrogen-bond donors (Lipinski definition) is 2. The fourth-order valence-corrected chi connectivity index (χ4v) is 3.39. The van der Waals surface area contributed by atoms with Gasteiger partial charge in [-0.3, -0.25) is 24.6 Å². The summed E-state index contributed by atoms with van der Waals surface area (Å²) in [7, 11) is 0. The molecule has 2 heterocycles. The average molecular weight is 328 g/mol. The summed E-state index contributed by atoms with van der Waals surface area (Å²) in [6, 6.07) is 8.23. The van der Waals surface area contributed by atoms with E-state index in [4.69, 9.17) is 4.18 Å². The van der Waals surface area contributed by atoms with Gasteiger partial charge in [0.1, 0.15) is 11.8 Å². The van der Waals surface area contributed by atoms with Gasteiger partial charge >= 0.3 is 0 Å². The lowest BCUT2D eigenvalue weighted by molar-refractivity contribution is -0.134. The van der Waals surface area contributed by atoms with Crippen molar-refractivity contribution >= 4 is 47.1 Å². The Morgan fingerprint density at radius 2 is 2.04 bits per heavy atom. The number of thiol groups is 1. The SMILES string of the molecule is O=C1CCC(N2C(=O)c3cc(OS)cc4cccc2c34)C(=O)N1. The van der Waals surface area contributed by atoms with Crippen molar-refractivity contribution in [3.8, 4) is 5.75 Å². The van der Waals surface area contributed by atoms with Gasteiger partial charge in [0.2, 0.25) is 11.8 Å². The Kier molecular flexibility index (Phi) is 3.05. The van der Waals surface area contributed by atoms with E-state index in [9.17, 15) is 14.4 Å². The second-order valence-electron chi connectivity index (χ2n) is 5.58. The van der Waals surface area contributed by atoms with Crippen molar-refractivity contribution in [1.29, 1.82) is 0 Å². The molecular formula is C16H12N2O4S. The molecule has 0 radical (unpaired) electrons. The van der Waals surface area contributed by atoms with E-state index in [1.54, 1.807) is 12.1 Å². The fraction of sp³-hybridized carbons (Fsp3) is 0.188. The van der Waals surface area contributed by atoms with E-state index in [0.717, 1.165) is 10.8 Å². The lowest BCUT2D eigenvalue weighted by atomic mass is 10.0. The third kappa shape index (κ3) is 2.00. The molecule has 116 valence electrons. The highest BCUT2D eigenvalue weighted by Crippen LogP contribution is 2.41. The number of hydrogen-bond acceptors (Lipinski definition) is 5. The molecule has 7 heteroatoms. The minimum absolute atomic E-state index is 0.220. The van der Waals surface area contributed by atoms with Gasteiger partial charge in [-0.1, -0.05) is 12.1 Å². The molecule has 6 nitrogen and oxygen atoms in total. The van der Waals surface area contributed by atoms with Crippen LogP contribution in [-0.4, -0.2) is 23.8 Å². The highest BCUT2D eigenvalue weighted by atomic mass is 32.1. The number of rotatable bonds is 2. The highest BCUT2D eigenvalue weighted by Gasteiger charge is 2.40. The highest BCUT2D eigenvalue weighted by molar-refractivity contribution is 7.75. The number of benzene rings is 2. The lowest BCUT2D eigenvalue weighted by Gasteiger charge is -2.30. The predicted molar refractivity (Wildman–Crippen MR) is 86.5 cm³/mol. The van der Waals surface area contributed by atoms with Crippen LogP contribution >= 0.6 is 12.9 Å². The summed E-state index contributed by atoms with van der Waals surface area (Å²) in [5.41, 5.74) is 1.16. The number of carbonyl (C=O) groups excluding carboxylic acids is 3. The van der Waals surface area contributed by atoms with E-state index in [1.807, 2.05) is 18.2 Å². The van der Waals surface area contributed by atoms with Gasteiger partial charge in [0.05, 0.1) is 11.3 Å². The zero-order chi connectivity index (χ0) is 16.1. The Morgan fingerprint density at radius 3 is 2.78 bits per heavy atom. The van der Waals surface area contributed by atoms with Crippen LogP contribution in [0.4, 0.5) is 5.69 Å². The van der Waals surface area contributed by atoms with E-state index in [1.165, 1.54) is 4.90 Å².